The standard InChI is InChI=1S/C11H12ClNO5/c1-17-11-8(14)5-10(11)18-9-3-2-6(13(15)16)4-7(9)12/h2-4,8,10-11,14H,5H2,1H3. The minimum absolute atomic E-state index is 0.0933. The number of aliphatic hydroxyl groups excluding tert-OH is 1. The summed E-state index contributed by atoms with van der Waals surface area (Å²) >= 11 is 5.89. The van der Waals surface area contributed by atoms with Crippen molar-refractivity contribution < 1.29 is 19.5 Å². The van der Waals surface area contributed by atoms with Crippen LogP contribution in [0.1, 0.15) is 6.42 Å². The van der Waals surface area contributed by atoms with Gasteiger partial charge in [-0.05, 0) is 6.07 Å². The molecule has 0 bridgehead atoms. The van der Waals surface area contributed by atoms with Crippen molar-refractivity contribution in [1.29, 1.82) is 0 Å². The maximum atomic E-state index is 10.5. The van der Waals surface area contributed by atoms with E-state index in [0.29, 0.717) is 12.2 Å². The quantitative estimate of drug-likeness (QED) is 0.668. The number of nitro groups is 1. The van der Waals surface area contributed by atoms with Crippen LogP contribution in [0.2, 0.25) is 5.02 Å². The number of hydrogen-bond donors (Lipinski definition) is 1. The average Bonchev–Trinajstić information content (AvgIpc) is 2.30. The molecule has 0 amide bonds. The summed E-state index contributed by atoms with van der Waals surface area (Å²) in [5.74, 6) is 0.348. The maximum absolute atomic E-state index is 10.5. The molecule has 3 atom stereocenters. The van der Waals surface area contributed by atoms with Crippen LogP contribution in [-0.4, -0.2) is 35.5 Å². The van der Waals surface area contributed by atoms with Crippen molar-refractivity contribution >= 4 is 17.3 Å². The fourth-order valence-corrected chi connectivity index (χ4v) is 2.06. The highest BCUT2D eigenvalue weighted by atomic mass is 35.5. The molecule has 1 aliphatic carbocycles. The number of ether oxygens (including phenoxy) is 2. The summed E-state index contributed by atoms with van der Waals surface area (Å²) in [6.07, 6.45) is -0.775. The van der Waals surface area contributed by atoms with Gasteiger partial charge >= 0.3 is 0 Å². The Labute approximate surface area is 108 Å². The molecule has 3 unspecified atom stereocenters. The van der Waals surface area contributed by atoms with Crippen molar-refractivity contribution in [1.82, 2.24) is 0 Å². The molecule has 0 heterocycles. The summed E-state index contributed by atoms with van der Waals surface area (Å²) < 4.78 is 10.6. The summed E-state index contributed by atoms with van der Waals surface area (Å²) in [6, 6.07) is 3.99. The van der Waals surface area contributed by atoms with Gasteiger partial charge in [-0.1, -0.05) is 11.6 Å². The number of aliphatic hydroxyl groups is 1. The lowest BCUT2D eigenvalue weighted by Crippen LogP contribution is -2.54. The summed E-state index contributed by atoms with van der Waals surface area (Å²) in [4.78, 5) is 10.0. The second-order valence-corrected chi connectivity index (χ2v) is 4.44. The smallest absolute Gasteiger partial charge is 0.271 e. The maximum Gasteiger partial charge on any atom is 0.271 e. The van der Waals surface area contributed by atoms with Crippen molar-refractivity contribution in [3.8, 4) is 5.75 Å². The number of hydrogen-bond acceptors (Lipinski definition) is 5. The van der Waals surface area contributed by atoms with E-state index < -0.39 is 17.1 Å². The molecule has 0 aliphatic heterocycles. The van der Waals surface area contributed by atoms with Gasteiger partial charge in [0.1, 0.15) is 18.0 Å². The Morgan fingerprint density at radius 3 is 2.78 bits per heavy atom. The first-order valence-corrected chi connectivity index (χ1v) is 5.72. The van der Waals surface area contributed by atoms with E-state index in [9.17, 15) is 15.2 Å². The van der Waals surface area contributed by atoms with Crippen molar-refractivity contribution in [3.63, 3.8) is 0 Å². The molecule has 1 aromatic rings. The molecule has 1 fully saturated rings. The zero-order chi connectivity index (χ0) is 13.3. The summed E-state index contributed by atoms with van der Waals surface area (Å²) in [6.45, 7) is 0. The number of nitro benzene ring substituents is 1. The Hall–Kier alpha value is -1.37. The minimum Gasteiger partial charge on any atom is -0.486 e. The van der Waals surface area contributed by atoms with E-state index in [4.69, 9.17) is 21.1 Å². The largest absolute Gasteiger partial charge is 0.486 e. The van der Waals surface area contributed by atoms with Crippen LogP contribution in [0.3, 0.4) is 0 Å². The highest BCUT2D eigenvalue weighted by Gasteiger charge is 2.42. The normalized spacial score (nSPS) is 26.5. The van der Waals surface area contributed by atoms with Crippen LogP contribution in [0.4, 0.5) is 5.69 Å². The van der Waals surface area contributed by atoms with Gasteiger partial charge in [0, 0.05) is 25.7 Å². The van der Waals surface area contributed by atoms with E-state index >= 15 is 0 Å². The third kappa shape index (κ3) is 2.40. The highest BCUT2D eigenvalue weighted by Crippen LogP contribution is 2.34. The lowest BCUT2D eigenvalue weighted by Gasteiger charge is -2.40. The Balaban J connectivity index is 2.09. The molecule has 0 radical (unpaired) electrons. The van der Waals surface area contributed by atoms with Crippen LogP contribution in [0.25, 0.3) is 0 Å². The molecular formula is C11H12ClNO5. The first-order chi connectivity index (χ1) is 8.52. The topological polar surface area (TPSA) is 81.8 Å². The average molecular weight is 274 g/mol. The Morgan fingerprint density at radius 2 is 2.28 bits per heavy atom. The summed E-state index contributed by atoms with van der Waals surface area (Å²) in [5, 5.41) is 20.1. The first-order valence-electron chi connectivity index (χ1n) is 5.34. The van der Waals surface area contributed by atoms with E-state index in [1.807, 2.05) is 0 Å². The second kappa shape index (κ2) is 5.09. The molecule has 0 saturated heterocycles. The molecule has 1 N–H and O–H groups in total. The number of nitrogens with zero attached hydrogens (tertiary/aromatic N) is 1. The Kier molecular flexibility index (Phi) is 3.70. The van der Waals surface area contributed by atoms with Gasteiger partial charge in [0.15, 0.2) is 0 Å². The van der Waals surface area contributed by atoms with E-state index in [-0.39, 0.29) is 16.8 Å². The fourth-order valence-electron chi connectivity index (χ4n) is 1.84. The molecule has 98 valence electrons. The van der Waals surface area contributed by atoms with Gasteiger partial charge in [-0.25, -0.2) is 0 Å². The second-order valence-electron chi connectivity index (χ2n) is 4.03. The monoisotopic (exact) mass is 273 g/mol. The number of non-ortho nitro benzene ring substituents is 1. The molecule has 7 heteroatoms. The van der Waals surface area contributed by atoms with Gasteiger partial charge in [0.25, 0.3) is 5.69 Å². The SMILES string of the molecule is COC1C(O)CC1Oc1ccc([N+](=O)[O-])cc1Cl. The Morgan fingerprint density at radius 1 is 1.56 bits per heavy atom. The van der Waals surface area contributed by atoms with Crippen LogP contribution in [0, 0.1) is 10.1 Å². The third-order valence-corrected chi connectivity index (χ3v) is 3.19. The van der Waals surface area contributed by atoms with E-state index in [1.165, 1.54) is 25.3 Å². The first kappa shape index (κ1) is 13.1. The molecule has 1 aromatic carbocycles. The number of benzene rings is 1. The molecule has 1 aliphatic rings. The Bertz CT molecular complexity index is 467. The van der Waals surface area contributed by atoms with Gasteiger partial charge in [-0.15, -0.1) is 0 Å². The minimum atomic E-state index is -0.545. The molecule has 0 aromatic heterocycles. The predicted octanol–water partition coefficient (Wildman–Crippen LogP) is 1.78. The van der Waals surface area contributed by atoms with E-state index in [2.05, 4.69) is 0 Å². The zero-order valence-corrected chi connectivity index (χ0v) is 10.3. The molecular weight excluding hydrogens is 262 g/mol. The molecule has 0 spiro atoms. The number of methoxy groups -OCH3 is 1. The predicted molar refractivity (Wildman–Crippen MR) is 63.9 cm³/mol. The lowest BCUT2D eigenvalue weighted by molar-refractivity contribution is -0.384. The summed E-state index contributed by atoms with van der Waals surface area (Å²) in [5.41, 5.74) is -0.0933. The zero-order valence-electron chi connectivity index (χ0n) is 9.58. The van der Waals surface area contributed by atoms with Gasteiger partial charge in [0.05, 0.1) is 16.0 Å². The number of halogens is 1. The van der Waals surface area contributed by atoms with Crippen molar-refractivity contribution in [2.24, 2.45) is 0 Å². The van der Waals surface area contributed by atoms with Crippen molar-refractivity contribution in [2.45, 2.75) is 24.7 Å². The lowest BCUT2D eigenvalue weighted by atomic mass is 9.88. The van der Waals surface area contributed by atoms with E-state index in [0.717, 1.165) is 0 Å². The van der Waals surface area contributed by atoms with E-state index in [1.54, 1.807) is 0 Å². The van der Waals surface area contributed by atoms with Gasteiger partial charge in [0.2, 0.25) is 0 Å². The molecule has 2 rings (SSSR count). The van der Waals surface area contributed by atoms with Gasteiger partial charge in [-0.3, -0.25) is 10.1 Å². The van der Waals surface area contributed by atoms with Crippen LogP contribution in [0.5, 0.6) is 5.75 Å². The number of rotatable bonds is 4. The van der Waals surface area contributed by atoms with Crippen LogP contribution in [-0.2, 0) is 4.74 Å². The summed E-state index contributed by atoms with van der Waals surface area (Å²) in [7, 11) is 1.49. The molecule has 18 heavy (non-hydrogen) atoms. The molecule has 6 nitrogen and oxygen atoms in total. The van der Waals surface area contributed by atoms with Crippen molar-refractivity contribution in [3.05, 3.63) is 33.3 Å². The van der Waals surface area contributed by atoms with Crippen LogP contribution >= 0.6 is 11.6 Å². The highest BCUT2D eigenvalue weighted by molar-refractivity contribution is 6.32. The van der Waals surface area contributed by atoms with Crippen molar-refractivity contribution in [2.75, 3.05) is 7.11 Å². The fraction of sp³-hybridized carbons (Fsp3) is 0.455. The van der Waals surface area contributed by atoms with Crippen LogP contribution in [0.15, 0.2) is 18.2 Å². The van der Waals surface area contributed by atoms with Gasteiger partial charge in [-0.2, -0.15) is 0 Å². The van der Waals surface area contributed by atoms with Gasteiger partial charge < -0.3 is 14.6 Å². The molecule has 1 saturated carbocycles. The van der Waals surface area contributed by atoms with Crippen LogP contribution < -0.4 is 4.74 Å². The third-order valence-electron chi connectivity index (χ3n) is 2.90.